The summed E-state index contributed by atoms with van der Waals surface area (Å²) >= 11 is 0. The molecule has 0 aromatic heterocycles. The summed E-state index contributed by atoms with van der Waals surface area (Å²) in [5.74, 6) is -0.535. The molecule has 1 heterocycles. The number of nitrogens with zero attached hydrogens (tertiary/aromatic N) is 1. The van der Waals surface area contributed by atoms with Gasteiger partial charge in [-0.05, 0) is 32.0 Å². The molecule has 1 saturated heterocycles. The third-order valence-electron chi connectivity index (χ3n) is 3.65. The predicted molar refractivity (Wildman–Crippen MR) is 76.7 cm³/mol. The highest BCUT2D eigenvalue weighted by atomic mass is 35.5. The van der Waals surface area contributed by atoms with Crippen LogP contribution in [0.1, 0.15) is 28.8 Å². The molecule has 1 N–H and O–H groups in total. The Morgan fingerprint density at radius 2 is 1.81 bits per heavy atom. The van der Waals surface area contributed by atoms with Gasteiger partial charge in [0.25, 0.3) is 5.91 Å². The molecule has 118 valence electrons. The van der Waals surface area contributed by atoms with E-state index < -0.39 is 17.6 Å². The van der Waals surface area contributed by atoms with E-state index in [1.54, 1.807) is 0 Å². The number of alkyl halides is 3. The average molecular weight is 323 g/mol. The molecule has 1 amide bonds. The fraction of sp³-hybridized carbons (Fsp3) is 0.500. The van der Waals surface area contributed by atoms with E-state index in [1.165, 1.54) is 23.1 Å². The number of hydrogen-bond donors (Lipinski definition) is 1. The van der Waals surface area contributed by atoms with Crippen molar-refractivity contribution in [3.8, 4) is 0 Å². The van der Waals surface area contributed by atoms with E-state index in [1.807, 2.05) is 7.05 Å². The number of hydrogen-bond acceptors (Lipinski definition) is 2. The molecule has 0 spiro atoms. The molecule has 0 bridgehead atoms. The summed E-state index contributed by atoms with van der Waals surface area (Å²) in [6.45, 7) is 0.965. The van der Waals surface area contributed by atoms with Gasteiger partial charge < -0.3 is 10.2 Å². The average Bonchev–Trinajstić information content (AvgIpc) is 2.46. The lowest BCUT2D eigenvalue weighted by atomic mass is 10.0. The van der Waals surface area contributed by atoms with Gasteiger partial charge in [-0.3, -0.25) is 4.79 Å². The van der Waals surface area contributed by atoms with Crippen LogP contribution >= 0.6 is 12.4 Å². The van der Waals surface area contributed by atoms with Gasteiger partial charge in [0, 0.05) is 19.1 Å². The van der Waals surface area contributed by atoms with Crippen LogP contribution in [0.2, 0.25) is 0 Å². The highest BCUT2D eigenvalue weighted by Crippen LogP contribution is 2.32. The Morgan fingerprint density at radius 3 is 2.33 bits per heavy atom. The molecule has 1 aromatic carbocycles. The minimum Gasteiger partial charge on any atom is -0.339 e. The number of piperidine rings is 1. The summed E-state index contributed by atoms with van der Waals surface area (Å²) in [4.78, 5) is 13.8. The minimum absolute atomic E-state index is 0. The summed E-state index contributed by atoms with van der Waals surface area (Å²) in [5.41, 5.74) is -1.12. The number of halogens is 4. The fourth-order valence-corrected chi connectivity index (χ4v) is 2.46. The summed E-state index contributed by atoms with van der Waals surface area (Å²) in [5, 5.41) is 3.12. The summed E-state index contributed by atoms with van der Waals surface area (Å²) in [7, 11) is 1.85. The Balaban J connectivity index is 0.00000220. The molecule has 0 unspecified atom stereocenters. The highest BCUT2D eigenvalue weighted by Gasteiger charge is 2.36. The van der Waals surface area contributed by atoms with Crippen LogP contribution in [0.15, 0.2) is 24.3 Å². The quantitative estimate of drug-likeness (QED) is 0.908. The number of rotatable bonds is 2. The van der Waals surface area contributed by atoms with Crippen LogP contribution < -0.4 is 5.32 Å². The predicted octanol–water partition coefficient (Wildman–Crippen LogP) is 2.95. The van der Waals surface area contributed by atoms with E-state index >= 15 is 0 Å². The Labute approximate surface area is 127 Å². The van der Waals surface area contributed by atoms with E-state index in [9.17, 15) is 18.0 Å². The zero-order valence-electron chi connectivity index (χ0n) is 11.6. The lowest BCUT2D eigenvalue weighted by Gasteiger charge is -2.32. The van der Waals surface area contributed by atoms with Crippen molar-refractivity contribution in [1.29, 1.82) is 0 Å². The molecule has 7 heteroatoms. The van der Waals surface area contributed by atoms with Crippen molar-refractivity contribution in [1.82, 2.24) is 10.2 Å². The smallest absolute Gasteiger partial charge is 0.339 e. The van der Waals surface area contributed by atoms with E-state index in [2.05, 4.69) is 5.32 Å². The van der Waals surface area contributed by atoms with Gasteiger partial charge in [-0.15, -0.1) is 12.4 Å². The standard InChI is InChI=1S/C14H17F3N2O.ClH/c1-18-10-6-8-19(9-7-10)13(20)11-4-2-3-5-12(11)14(15,16)17;/h2-5,10,18H,6-9H2,1H3;1H. The van der Waals surface area contributed by atoms with E-state index in [0.717, 1.165) is 18.9 Å². The van der Waals surface area contributed by atoms with Gasteiger partial charge in [-0.25, -0.2) is 0 Å². The molecule has 0 aliphatic carbocycles. The van der Waals surface area contributed by atoms with Gasteiger partial charge in [0.2, 0.25) is 0 Å². The van der Waals surface area contributed by atoms with Gasteiger partial charge in [-0.2, -0.15) is 13.2 Å². The summed E-state index contributed by atoms with van der Waals surface area (Å²) in [6.07, 6.45) is -2.98. The molecule has 3 nitrogen and oxygen atoms in total. The fourth-order valence-electron chi connectivity index (χ4n) is 2.46. The van der Waals surface area contributed by atoms with Crippen LogP contribution in [0.25, 0.3) is 0 Å². The largest absolute Gasteiger partial charge is 0.417 e. The van der Waals surface area contributed by atoms with E-state index in [-0.39, 0.29) is 18.0 Å². The zero-order chi connectivity index (χ0) is 14.8. The second kappa shape index (κ2) is 7.13. The molecule has 21 heavy (non-hydrogen) atoms. The first-order valence-electron chi connectivity index (χ1n) is 6.56. The number of amides is 1. The first-order chi connectivity index (χ1) is 9.43. The zero-order valence-corrected chi connectivity index (χ0v) is 12.4. The third kappa shape index (κ3) is 4.11. The van der Waals surface area contributed by atoms with Crippen LogP contribution in [0.5, 0.6) is 0 Å². The molecular formula is C14H18ClF3N2O. The molecule has 1 fully saturated rings. The molecule has 0 radical (unpaired) electrons. The first kappa shape index (κ1) is 17.8. The number of carbonyl (C=O) groups excluding carboxylic acids is 1. The number of likely N-dealkylation sites (tertiary alicyclic amines) is 1. The topological polar surface area (TPSA) is 32.3 Å². The number of benzene rings is 1. The van der Waals surface area contributed by atoms with Gasteiger partial charge in [0.15, 0.2) is 0 Å². The second-order valence-corrected chi connectivity index (χ2v) is 4.90. The molecule has 1 aromatic rings. The van der Waals surface area contributed by atoms with Crippen molar-refractivity contribution in [3.05, 3.63) is 35.4 Å². The molecule has 0 atom stereocenters. The Bertz CT molecular complexity index is 485. The van der Waals surface area contributed by atoms with E-state index in [4.69, 9.17) is 0 Å². The highest BCUT2D eigenvalue weighted by molar-refractivity contribution is 5.96. The van der Waals surface area contributed by atoms with Crippen LogP contribution in [0.3, 0.4) is 0 Å². The maximum atomic E-state index is 12.9. The van der Waals surface area contributed by atoms with E-state index in [0.29, 0.717) is 19.1 Å². The van der Waals surface area contributed by atoms with Gasteiger partial charge in [0.05, 0.1) is 11.1 Å². The Hall–Kier alpha value is -1.27. The van der Waals surface area contributed by atoms with Crippen LogP contribution in [0.4, 0.5) is 13.2 Å². The third-order valence-corrected chi connectivity index (χ3v) is 3.65. The van der Waals surface area contributed by atoms with Crippen molar-refractivity contribution in [3.63, 3.8) is 0 Å². The van der Waals surface area contributed by atoms with Gasteiger partial charge >= 0.3 is 6.18 Å². The van der Waals surface area contributed by atoms with Gasteiger partial charge in [0.1, 0.15) is 0 Å². The van der Waals surface area contributed by atoms with Crippen molar-refractivity contribution in [2.24, 2.45) is 0 Å². The lowest BCUT2D eigenvalue weighted by molar-refractivity contribution is -0.138. The maximum absolute atomic E-state index is 12.9. The Morgan fingerprint density at radius 1 is 1.24 bits per heavy atom. The van der Waals surface area contributed by atoms with Crippen LogP contribution in [-0.2, 0) is 6.18 Å². The van der Waals surface area contributed by atoms with Crippen molar-refractivity contribution >= 4 is 18.3 Å². The second-order valence-electron chi connectivity index (χ2n) is 4.90. The minimum atomic E-state index is -4.50. The lowest BCUT2D eigenvalue weighted by Crippen LogP contribution is -2.44. The molecule has 1 aliphatic heterocycles. The molecule has 0 saturated carbocycles. The normalized spacial score (nSPS) is 16.5. The summed E-state index contributed by atoms with van der Waals surface area (Å²) < 4.78 is 38.7. The Kier molecular flexibility index (Phi) is 6.04. The maximum Gasteiger partial charge on any atom is 0.417 e. The van der Waals surface area contributed by atoms with Crippen LogP contribution in [0, 0.1) is 0 Å². The van der Waals surface area contributed by atoms with Crippen molar-refractivity contribution in [2.75, 3.05) is 20.1 Å². The SMILES string of the molecule is CNC1CCN(C(=O)c2ccccc2C(F)(F)F)CC1.Cl. The molecule has 1 aliphatic rings. The van der Waals surface area contributed by atoms with Crippen molar-refractivity contribution in [2.45, 2.75) is 25.1 Å². The number of carbonyl (C=O) groups is 1. The first-order valence-corrected chi connectivity index (χ1v) is 6.56. The molecule has 2 rings (SSSR count). The van der Waals surface area contributed by atoms with Gasteiger partial charge in [-0.1, -0.05) is 12.1 Å². The van der Waals surface area contributed by atoms with Crippen molar-refractivity contribution < 1.29 is 18.0 Å². The van der Waals surface area contributed by atoms with Crippen LogP contribution in [-0.4, -0.2) is 37.0 Å². The monoisotopic (exact) mass is 322 g/mol. The number of nitrogens with one attached hydrogen (secondary N) is 1. The summed E-state index contributed by atoms with van der Waals surface area (Å²) in [6, 6.07) is 5.29. The molecular weight excluding hydrogens is 305 g/mol.